The molecule has 6 nitrogen and oxygen atoms in total. The predicted octanol–water partition coefficient (Wildman–Crippen LogP) is 1.58. The molecule has 0 aromatic heterocycles. The molecule has 0 spiro atoms. The van der Waals surface area contributed by atoms with Crippen LogP contribution < -0.4 is 0 Å². The van der Waals surface area contributed by atoms with E-state index in [1.807, 2.05) is 0 Å². The molecular formula is C11H16FNO5S. The lowest BCUT2D eigenvalue weighted by molar-refractivity contribution is -0.388. The van der Waals surface area contributed by atoms with Crippen molar-refractivity contribution in [2.75, 3.05) is 6.61 Å². The van der Waals surface area contributed by atoms with Crippen molar-refractivity contribution in [3.8, 4) is 0 Å². The van der Waals surface area contributed by atoms with Crippen LogP contribution in [0.25, 0.3) is 0 Å². The minimum absolute atomic E-state index is 0.145. The van der Waals surface area contributed by atoms with Gasteiger partial charge in [-0.05, 0) is 26.8 Å². The van der Waals surface area contributed by atoms with E-state index in [9.17, 15) is 22.9 Å². The Morgan fingerprint density at radius 1 is 1.42 bits per heavy atom. The number of hydrogen-bond donors (Lipinski definition) is 2. The highest BCUT2D eigenvalue weighted by atomic mass is 32.2. The van der Waals surface area contributed by atoms with Crippen LogP contribution in [0.4, 0.5) is 10.1 Å². The fourth-order valence-electron chi connectivity index (χ4n) is 1.29. The summed E-state index contributed by atoms with van der Waals surface area (Å²) in [7, 11) is -2.94. The molecule has 1 N–H and O–H groups in total. The number of thiol groups is 1. The summed E-state index contributed by atoms with van der Waals surface area (Å²) in [6.45, 7) is 4.51. The van der Waals surface area contributed by atoms with Crippen molar-refractivity contribution in [1.29, 1.82) is 0 Å². The van der Waals surface area contributed by atoms with Crippen LogP contribution in [-0.4, -0.2) is 25.1 Å². The maximum absolute atomic E-state index is 13.3. The van der Waals surface area contributed by atoms with E-state index in [-0.39, 0.29) is 12.2 Å². The zero-order valence-corrected chi connectivity index (χ0v) is 11.7. The summed E-state index contributed by atoms with van der Waals surface area (Å²) in [6.07, 6.45) is 0. The summed E-state index contributed by atoms with van der Waals surface area (Å²) in [5.41, 5.74) is -0.930. The lowest BCUT2D eigenvalue weighted by Crippen LogP contribution is -2.21. The molecule has 0 atom stereocenters. The van der Waals surface area contributed by atoms with Crippen molar-refractivity contribution in [2.45, 2.75) is 25.5 Å². The quantitative estimate of drug-likeness (QED) is 0.501. The summed E-state index contributed by atoms with van der Waals surface area (Å²) in [5.74, 6) is -1.03. The van der Waals surface area contributed by atoms with Crippen LogP contribution in [0.5, 0.6) is 0 Å². The Kier molecular flexibility index (Phi) is 6.57. The third-order valence-corrected chi connectivity index (χ3v) is 3.44. The second kappa shape index (κ2) is 7.15. The molecular weight excluding hydrogens is 277 g/mol. The van der Waals surface area contributed by atoms with Gasteiger partial charge in [0.25, 0.3) is 0 Å². The Hall–Kier alpha value is -1.54. The molecule has 0 heterocycles. The minimum atomic E-state index is -2.94. The van der Waals surface area contributed by atoms with Gasteiger partial charge in [-0.2, -0.15) is 4.39 Å². The van der Waals surface area contributed by atoms with Gasteiger partial charge in [-0.3, -0.25) is 10.1 Å². The van der Waals surface area contributed by atoms with Crippen molar-refractivity contribution in [3.05, 3.63) is 39.7 Å². The highest BCUT2D eigenvalue weighted by molar-refractivity contribution is 7.73. The molecule has 0 aliphatic rings. The van der Waals surface area contributed by atoms with Crippen molar-refractivity contribution < 1.29 is 22.8 Å². The predicted molar refractivity (Wildman–Crippen MR) is 69.2 cm³/mol. The molecule has 1 rings (SSSR count). The third-order valence-electron chi connectivity index (χ3n) is 2.28. The molecule has 0 saturated heterocycles. The molecule has 1 aromatic rings. The van der Waals surface area contributed by atoms with Gasteiger partial charge < -0.3 is 5.11 Å². The summed E-state index contributed by atoms with van der Waals surface area (Å²) in [4.78, 5) is 9.77. The van der Waals surface area contributed by atoms with E-state index in [0.717, 1.165) is 6.07 Å². The van der Waals surface area contributed by atoms with Crippen molar-refractivity contribution >= 4 is 16.4 Å². The molecule has 0 fully saturated rings. The van der Waals surface area contributed by atoms with Crippen LogP contribution >= 0.6 is 0 Å². The monoisotopic (exact) mass is 293 g/mol. The molecule has 0 saturated carbocycles. The van der Waals surface area contributed by atoms with Gasteiger partial charge in [-0.1, -0.05) is 12.1 Å². The maximum Gasteiger partial charge on any atom is 0.309 e. The fourth-order valence-corrected chi connectivity index (χ4v) is 1.67. The average molecular weight is 293 g/mol. The van der Waals surface area contributed by atoms with Gasteiger partial charge >= 0.3 is 5.69 Å². The highest BCUT2D eigenvalue weighted by Gasteiger charge is 2.34. The van der Waals surface area contributed by atoms with E-state index in [4.69, 9.17) is 5.11 Å². The van der Waals surface area contributed by atoms with Crippen LogP contribution in [0.1, 0.15) is 26.3 Å². The highest BCUT2D eigenvalue weighted by Crippen LogP contribution is 2.33. The zero-order valence-electron chi connectivity index (χ0n) is 10.8. The number of nitro groups is 1. The number of benzene rings is 1. The molecule has 0 amide bonds. The molecule has 0 radical (unpaired) electrons. The number of nitro benzene ring substituents is 1. The van der Waals surface area contributed by atoms with Gasteiger partial charge in [0, 0.05) is 6.61 Å². The molecule has 1 aromatic carbocycles. The largest absolute Gasteiger partial charge is 0.397 e. The van der Waals surface area contributed by atoms with E-state index >= 15 is 0 Å². The number of hydrogen-bond acceptors (Lipinski definition) is 5. The summed E-state index contributed by atoms with van der Waals surface area (Å²) in [5, 5.41) is 18.2. The topological polar surface area (TPSA) is 97.5 Å². The number of aliphatic hydroxyl groups excluding tert-OH is 1. The van der Waals surface area contributed by atoms with Crippen LogP contribution in [0.15, 0.2) is 18.2 Å². The Morgan fingerprint density at radius 3 is 2.26 bits per heavy atom. The Labute approximate surface area is 112 Å². The van der Waals surface area contributed by atoms with Gasteiger partial charge in [-0.25, -0.2) is 8.42 Å². The second-order valence-corrected chi connectivity index (χ2v) is 5.66. The average Bonchev–Trinajstić information content (AvgIpc) is 2.28. The van der Waals surface area contributed by atoms with Crippen LogP contribution in [0.2, 0.25) is 0 Å². The summed E-state index contributed by atoms with van der Waals surface area (Å²) >= 11 is 0. The van der Waals surface area contributed by atoms with Gasteiger partial charge in [0.15, 0.2) is 0 Å². The van der Waals surface area contributed by atoms with Gasteiger partial charge in [-0.15, -0.1) is 0 Å². The molecule has 0 aliphatic heterocycles. The first-order valence-corrected chi connectivity index (χ1v) is 6.56. The number of para-hydroxylation sites is 1. The molecule has 0 bridgehead atoms. The minimum Gasteiger partial charge on any atom is -0.397 e. The van der Waals surface area contributed by atoms with E-state index in [1.165, 1.54) is 26.0 Å². The maximum atomic E-state index is 13.3. The number of rotatable bonds is 3. The van der Waals surface area contributed by atoms with Crippen LogP contribution in [0.3, 0.4) is 0 Å². The van der Waals surface area contributed by atoms with E-state index in [0.29, 0.717) is 0 Å². The zero-order chi connectivity index (χ0) is 15.2. The number of nitrogens with zero attached hydrogens (tertiary/aromatic N) is 1. The normalized spacial score (nSPS) is 10.8. The molecule has 8 heteroatoms. The first-order valence-electron chi connectivity index (χ1n) is 5.38. The second-order valence-electron chi connectivity index (χ2n) is 4.03. The lowest BCUT2D eigenvalue weighted by atomic mass is 10.00. The van der Waals surface area contributed by atoms with Gasteiger partial charge in [0.1, 0.15) is 10.7 Å². The summed E-state index contributed by atoms with van der Waals surface area (Å²) in [6, 6.07) is 3.42. The van der Waals surface area contributed by atoms with Crippen molar-refractivity contribution in [3.63, 3.8) is 0 Å². The number of halogens is 1. The molecule has 108 valence electrons. The first kappa shape index (κ1) is 17.5. The van der Waals surface area contributed by atoms with Gasteiger partial charge in [0.2, 0.25) is 5.82 Å². The molecule has 19 heavy (non-hydrogen) atoms. The standard InChI is InChI=1S/C9H10FNO4S.C2H6O/c1-9(2,16(14)15)6-4-3-5-7(10)8(6)11(12)13;1-2-3/h3-5,16H,1-2H3;3H,2H2,1H3. The van der Waals surface area contributed by atoms with Crippen LogP contribution in [0, 0.1) is 15.9 Å². The van der Waals surface area contributed by atoms with E-state index < -0.39 is 31.9 Å². The number of aliphatic hydroxyl groups is 1. The fraction of sp³-hybridized carbons (Fsp3) is 0.455. The van der Waals surface area contributed by atoms with Crippen molar-refractivity contribution in [2.24, 2.45) is 0 Å². The van der Waals surface area contributed by atoms with Gasteiger partial charge in [0.05, 0.1) is 15.2 Å². The smallest absolute Gasteiger partial charge is 0.309 e. The van der Waals surface area contributed by atoms with E-state index in [1.54, 1.807) is 6.92 Å². The van der Waals surface area contributed by atoms with Crippen molar-refractivity contribution in [1.82, 2.24) is 0 Å². The third kappa shape index (κ3) is 4.25. The Balaban J connectivity index is 0.000000982. The lowest BCUT2D eigenvalue weighted by Gasteiger charge is -2.17. The Bertz CT molecular complexity index is 520. The van der Waals surface area contributed by atoms with Crippen LogP contribution in [-0.2, 0) is 15.5 Å². The molecule has 0 aliphatic carbocycles. The van der Waals surface area contributed by atoms with E-state index in [2.05, 4.69) is 0 Å². The first-order chi connectivity index (χ1) is 8.69. The SMILES string of the molecule is CC(C)(c1cccc(F)c1[N+](=O)[O-])[SH](=O)=O.CCO. The molecule has 0 unspecified atom stereocenters. The Morgan fingerprint density at radius 2 is 1.89 bits per heavy atom. The summed E-state index contributed by atoms with van der Waals surface area (Å²) < 4.78 is 33.8.